The number of hydrogen-bond donors (Lipinski definition) is 1. The Labute approximate surface area is 122 Å². The van der Waals surface area contributed by atoms with Crippen molar-refractivity contribution >= 4 is 12.1 Å². The maximum Gasteiger partial charge on any atom is 0.410 e. The number of rotatable bonds is 3. The number of carboxylic acid groups (broad SMARTS) is 1. The molecular weight excluding hydrogens is 272 g/mol. The Morgan fingerprint density at radius 2 is 2.24 bits per heavy atom. The van der Waals surface area contributed by atoms with E-state index in [0.717, 1.165) is 5.69 Å². The number of ether oxygens (including phenoxy) is 1. The number of hydrogen-bond acceptors (Lipinski definition) is 3. The Morgan fingerprint density at radius 1 is 1.48 bits per heavy atom. The van der Waals surface area contributed by atoms with E-state index in [1.54, 1.807) is 4.90 Å². The van der Waals surface area contributed by atoms with Crippen molar-refractivity contribution in [1.82, 2.24) is 9.47 Å². The van der Waals surface area contributed by atoms with Crippen molar-refractivity contribution in [2.24, 2.45) is 5.92 Å². The van der Waals surface area contributed by atoms with Crippen molar-refractivity contribution in [3.8, 4) is 0 Å². The molecule has 6 heteroatoms. The van der Waals surface area contributed by atoms with Gasteiger partial charge in [-0.3, -0.25) is 9.69 Å². The van der Waals surface area contributed by atoms with Gasteiger partial charge in [-0.15, -0.1) is 0 Å². The number of carbonyl (C=O) groups is 2. The quantitative estimate of drug-likeness (QED) is 0.862. The first-order chi connectivity index (χ1) is 10.1. The first-order valence-electron chi connectivity index (χ1n) is 7.02. The molecule has 2 heterocycles. The van der Waals surface area contributed by atoms with Crippen LogP contribution in [0, 0.1) is 5.92 Å². The predicted octanol–water partition coefficient (Wildman–Crippen LogP) is 1.82. The van der Waals surface area contributed by atoms with Gasteiger partial charge in [0.1, 0.15) is 6.61 Å². The third kappa shape index (κ3) is 2.02. The van der Waals surface area contributed by atoms with Crippen LogP contribution in [0.25, 0.3) is 0 Å². The van der Waals surface area contributed by atoms with E-state index in [1.807, 2.05) is 18.3 Å². The predicted molar refractivity (Wildman–Crippen MR) is 74.7 cm³/mol. The monoisotopic (exact) mass is 290 g/mol. The summed E-state index contributed by atoms with van der Waals surface area (Å²) >= 11 is 0. The number of carbonyl (C=O) groups excluding carboxylic acids is 1. The molecule has 1 amide bonds. The van der Waals surface area contributed by atoms with E-state index in [2.05, 4.69) is 11.1 Å². The maximum absolute atomic E-state index is 12.3. The van der Waals surface area contributed by atoms with Crippen molar-refractivity contribution in [1.29, 1.82) is 0 Å². The van der Waals surface area contributed by atoms with Crippen LogP contribution < -0.4 is 0 Å². The number of nitrogens with zero attached hydrogens (tertiary/aromatic N) is 2. The second-order valence-corrected chi connectivity index (χ2v) is 5.58. The van der Waals surface area contributed by atoms with Crippen molar-refractivity contribution in [2.45, 2.75) is 24.9 Å². The van der Waals surface area contributed by atoms with E-state index in [4.69, 9.17) is 9.84 Å². The summed E-state index contributed by atoms with van der Waals surface area (Å²) in [5.41, 5.74) is 0.463. The molecule has 21 heavy (non-hydrogen) atoms. The van der Waals surface area contributed by atoms with Crippen LogP contribution in [0.1, 0.15) is 18.5 Å². The lowest BCUT2D eigenvalue weighted by Crippen LogP contribution is -2.62. The first kappa shape index (κ1) is 13.7. The van der Waals surface area contributed by atoms with Gasteiger partial charge >= 0.3 is 12.1 Å². The molecule has 1 aromatic heterocycles. The smallest absolute Gasteiger partial charge is 0.410 e. The average Bonchev–Trinajstić information content (AvgIpc) is 2.89. The summed E-state index contributed by atoms with van der Waals surface area (Å²) in [5.74, 6) is -1.20. The molecule has 0 saturated heterocycles. The molecule has 1 fully saturated rings. The molecule has 1 spiro atoms. The second kappa shape index (κ2) is 4.95. The van der Waals surface area contributed by atoms with Crippen molar-refractivity contribution in [2.75, 3.05) is 13.2 Å². The molecule has 1 aliphatic heterocycles. The molecule has 2 aliphatic rings. The minimum atomic E-state index is -0.802. The van der Waals surface area contributed by atoms with Gasteiger partial charge in [0.15, 0.2) is 0 Å². The number of fused-ring (bicyclic) bond motifs is 2. The van der Waals surface area contributed by atoms with Crippen LogP contribution in [-0.2, 0) is 21.6 Å². The molecular formula is C15H18N2O4. The molecule has 1 aromatic rings. The van der Waals surface area contributed by atoms with Crippen LogP contribution in [-0.4, -0.2) is 39.8 Å². The molecule has 112 valence electrons. The highest BCUT2D eigenvalue weighted by atomic mass is 16.6. The molecule has 0 unspecified atom stereocenters. The van der Waals surface area contributed by atoms with Gasteiger partial charge in [0.25, 0.3) is 0 Å². The minimum absolute atomic E-state index is 0.161. The van der Waals surface area contributed by atoms with Gasteiger partial charge in [-0.2, -0.15) is 0 Å². The third-order valence-electron chi connectivity index (χ3n) is 4.45. The topological polar surface area (TPSA) is 71.8 Å². The Hall–Kier alpha value is -2.24. The van der Waals surface area contributed by atoms with E-state index in [0.29, 0.717) is 25.9 Å². The van der Waals surface area contributed by atoms with Gasteiger partial charge in [0.05, 0.1) is 11.5 Å². The fourth-order valence-corrected chi connectivity index (χ4v) is 3.43. The van der Waals surface area contributed by atoms with Gasteiger partial charge < -0.3 is 14.4 Å². The fraction of sp³-hybridized carbons (Fsp3) is 0.467. The Bertz CT molecular complexity index is 586. The van der Waals surface area contributed by atoms with Gasteiger partial charge in [0.2, 0.25) is 0 Å². The second-order valence-electron chi connectivity index (χ2n) is 5.58. The van der Waals surface area contributed by atoms with Gasteiger partial charge in [-0.1, -0.05) is 12.7 Å². The van der Waals surface area contributed by atoms with Gasteiger partial charge in [-0.05, 0) is 25.0 Å². The summed E-state index contributed by atoms with van der Waals surface area (Å²) in [6.45, 7) is 4.93. The lowest BCUT2D eigenvalue weighted by molar-refractivity contribution is -0.153. The molecule has 3 rings (SSSR count). The summed E-state index contributed by atoms with van der Waals surface area (Å²) < 4.78 is 7.25. The molecule has 1 aliphatic carbocycles. The normalized spacial score (nSPS) is 26.9. The molecule has 0 radical (unpaired) electrons. The SMILES string of the molecule is C=CCOC(=O)N1CCn2cccc2C12CC(C(=O)O)C2. The zero-order valence-electron chi connectivity index (χ0n) is 11.7. The molecule has 1 saturated carbocycles. The summed E-state index contributed by atoms with van der Waals surface area (Å²) in [6.07, 6.45) is 3.98. The summed E-state index contributed by atoms with van der Waals surface area (Å²) in [6, 6.07) is 3.90. The van der Waals surface area contributed by atoms with Crippen LogP contribution in [0.4, 0.5) is 4.79 Å². The summed E-state index contributed by atoms with van der Waals surface area (Å²) in [7, 11) is 0. The average molecular weight is 290 g/mol. The van der Waals surface area contributed by atoms with E-state index in [9.17, 15) is 9.59 Å². The van der Waals surface area contributed by atoms with Crippen molar-refractivity contribution < 1.29 is 19.4 Å². The van der Waals surface area contributed by atoms with E-state index >= 15 is 0 Å². The largest absolute Gasteiger partial charge is 0.481 e. The summed E-state index contributed by atoms with van der Waals surface area (Å²) in [5, 5.41) is 9.16. The highest BCUT2D eigenvalue weighted by Crippen LogP contribution is 2.52. The maximum atomic E-state index is 12.3. The van der Waals surface area contributed by atoms with Gasteiger partial charge in [-0.25, -0.2) is 4.79 Å². The zero-order chi connectivity index (χ0) is 15.0. The Morgan fingerprint density at radius 3 is 2.90 bits per heavy atom. The zero-order valence-corrected chi connectivity index (χ0v) is 11.7. The standard InChI is InChI=1S/C15H18N2O4/c1-2-8-21-14(20)17-7-6-16-5-3-4-12(16)15(17)9-11(10-15)13(18)19/h2-5,11H,1,6-10H2,(H,18,19). The number of amides is 1. The van der Waals surface area contributed by atoms with E-state index in [1.165, 1.54) is 6.08 Å². The summed E-state index contributed by atoms with van der Waals surface area (Å²) in [4.78, 5) is 25.1. The van der Waals surface area contributed by atoms with Crippen LogP contribution in [0.2, 0.25) is 0 Å². The molecule has 0 atom stereocenters. The van der Waals surface area contributed by atoms with Crippen LogP contribution in [0.15, 0.2) is 31.0 Å². The first-order valence-corrected chi connectivity index (χ1v) is 7.02. The van der Waals surface area contributed by atoms with Crippen LogP contribution >= 0.6 is 0 Å². The lowest BCUT2D eigenvalue weighted by Gasteiger charge is -2.54. The lowest BCUT2D eigenvalue weighted by atomic mass is 9.64. The van der Waals surface area contributed by atoms with Gasteiger partial charge in [0, 0.05) is 25.0 Å². The fourth-order valence-electron chi connectivity index (χ4n) is 3.43. The van der Waals surface area contributed by atoms with Crippen LogP contribution in [0.5, 0.6) is 0 Å². The highest BCUT2D eigenvalue weighted by molar-refractivity contribution is 5.74. The molecule has 1 N–H and O–H groups in total. The van der Waals surface area contributed by atoms with Crippen molar-refractivity contribution in [3.63, 3.8) is 0 Å². The minimum Gasteiger partial charge on any atom is -0.481 e. The van der Waals surface area contributed by atoms with E-state index < -0.39 is 23.5 Å². The Kier molecular flexibility index (Phi) is 3.23. The van der Waals surface area contributed by atoms with Crippen molar-refractivity contribution in [3.05, 3.63) is 36.7 Å². The number of aliphatic carboxylic acids is 1. The number of aromatic nitrogens is 1. The third-order valence-corrected chi connectivity index (χ3v) is 4.45. The molecule has 6 nitrogen and oxygen atoms in total. The number of carboxylic acids is 1. The van der Waals surface area contributed by atoms with Crippen LogP contribution in [0.3, 0.4) is 0 Å². The Balaban J connectivity index is 1.89. The highest BCUT2D eigenvalue weighted by Gasteiger charge is 2.57. The molecule has 0 bridgehead atoms. The molecule has 0 aromatic carbocycles. The van der Waals surface area contributed by atoms with E-state index in [-0.39, 0.29) is 6.61 Å².